The van der Waals surface area contributed by atoms with Gasteiger partial charge in [-0.25, -0.2) is 17.9 Å². The average Bonchev–Trinajstić information content (AvgIpc) is 3.69. The molecular formula is C29H38N4O5SSi. The first-order valence-corrected chi connectivity index (χ1v) is 19.1. The Morgan fingerprint density at radius 1 is 1.12 bits per heavy atom. The molecule has 1 fully saturated rings. The number of fused-ring (bicyclic) bond motifs is 1. The van der Waals surface area contributed by atoms with Crippen molar-refractivity contribution in [2.75, 3.05) is 4.31 Å². The van der Waals surface area contributed by atoms with Crippen molar-refractivity contribution in [1.82, 2.24) is 15.0 Å². The molecule has 1 aliphatic carbocycles. The number of carboxylic acid groups (broad SMARTS) is 1. The molecule has 0 bridgehead atoms. The van der Waals surface area contributed by atoms with Crippen LogP contribution in [0.15, 0.2) is 41.3 Å². The monoisotopic (exact) mass is 582 g/mol. The molecule has 11 heteroatoms. The summed E-state index contributed by atoms with van der Waals surface area (Å²) in [6.45, 7) is 10.7. The molecule has 40 heavy (non-hydrogen) atoms. The van der Waals surface area contributed by atoms with Gasteiger partial charge < -0.3 is 9.84 Å². The van der Waals surface area contributed by atoms with Crippen LogP contribution in [0.4, 0.5) is 5.69 Å². The number of nitrogens with zero attached hydrogens (tertiary/aromatic N) is 4. The second kappa shape index (κ2) is 10.7. The molecule has 1 atom stereocenters. The van der Waals surface area contributed by atoms with Gasteiger partial charge in [0, 0.05) is 12.2 Å². The lowest BCUT2D eigenvalue weighted by molar-refractivity contribution is 0.0691. The van der Waals surface area contributed by atoms with Crippen LogP contribution >= 0.6 is 0 Å². The summed E-state index contributed by atoms with van der Waals surface area (Å²) in [6.07, 6.45) is 5.25. The van der Waals surface area contributed by atoms with Crippen LogP contribution in [-0.4, -0.2) is 48.6 Å². The Bertz CT molecular complexity index is 1540. The average molecular weight is 583 g/mol. The standard InChI is InChI=1S/C29H38N4O5SSi/c1-6-20-7-12-26-22(15-20)10-13-25(21-8-9-21)33(26)39(36,37)23-11-14-28(24(16-23)29(34)35)38-17-27-19(2)30-31-32(27)18-40(3,4)5/h7,11-12,14-16,21,25H,6,8-10,13,17-18H2,1-5H3,(H,34,35). The Labute approximate surface area is 237 Å². The SMILES string of the molecule is CCc1ccc2c(c1)CCC(C1CC1)N2S(=O)(=O)c1ccc(OCc2c(C)nnn2C[Si](C)(C)C)c(C(=O)O)c1. The van der Waals surface area contributed by atoms with E-state index in [0.29, 0.717) is 11.6 Å². The smallest absolute Gasteiger partial charge is 0.339 e. The third kappa shape index (κ3) is 5.67. The molecule has 9 nitrogen and oxygen atoms in total. The number of benzene rings is 2. The quantitative estimate of drug-likeness (QED) is 0.326. The van der Waals surface area contributed by atoms with Crippen LogP contribution in [0.1, 0.15) is 59.1 Å². The number of aromatic nitrogens is 3. The first-order valence-electron chi connectivity index (χ1n) is 13.9. The van der Waals surface area contributed by atoms with Crippen LogP contribution in [-0.2, 0) is 35.6 Å². The second-order valence-electron chi connectivity index (χ2n) is 12.2. The largest absolute Gasteiger partial charge is 0.486 e. The maximum absolute atomic E-state index is 14.2. The Balaban J connectivity index is 1.47. The number of hydrogen-bond acceptors (Lipinski definition) is 6. The van der Waals surface area contributed by atoms with E-state index in [1.807, 2.05) is 23.7 Å². The van der Waals surface area contributed by atoms with Crippen molar-refractivity contribution >= 4 is 29.8 Å². The normalized spacial score (nSPS) is 17.5. The molecule has 1 saturated carbocycles. The number of carbonyl (C=O) groups is 1. The molecule has 1 unspecified atom stereocenters. The lowest BCUT2D eigenvalue weighted by Gasteiger charge is -2.38. The van der Waals surface area contributed by atoms with Crippen molar-refractivity contribution in [2.45, 2.75) is 89.3 Å². The molecule has 1 aliphatic heterocycles. The van der Waals surface area contributed by atoms with Gasteiger partial charge in [0.05, 0.1) is 30.0 Å². The van der Waals surface area contributed by atoms with E-state index in [0.717, 1.165) is 55.2 Å². The highest BCUT2D eigenvalue weighted by Gasteiger charge is 2.44. The van der Waals surface area contributed by atoms with Gasteiger partial charge in [0.15, 0.2) is 0 Å². The molecule has 214 valence electrons. The minimum Gasteiger partial charge on any atom is -0.486 e. The number of rotatable bonds is 10. The fourth-order valence-corrected chi connectivity index (χ4v) is 8.44. The van der Waals surface area contributed by atoms with E-state index in [4.69, 9.17) is 4.74 Å². The summed E-state index contributed by atoms with van der Waals surface area (Å²) in [5.74, 6) is -0.812. The molecule has 2 aliphatic rings. The van der Waals surface area contributed by atoms with Crippen LogP contribution < -0.4 is 9.04 Å². The fourth-order valence-electron chi connectivity index (χ4n) is 5.49. The molecule has 1 N–H and O–H groups in total. The lowest BCUT2D eigenvalue weighted by Crippen LogP contribution is -2.45. The zero-order valence-electron chi connectivity index (χ0n) is 23.8. The van der Waals surface area contributed by atoms with Gasteiger partial charge in [-0.2, -0.15) is 0 Å². The zero-order chi connectivity index (χ0) is 28.8. The topological polar surface area (TPSA) is 115 Å². The van der Waals surface area contributed by atoms with Gasteiger partial charge in [-0.05, 0) is 80.3 Å². The van der Waals surface area contributed by atoms with Gasteiger partial charge in [0.2, 0.25) is 0 Å². The summed E-state index contributed by atoms with van der Waals surface area (Å²) < 4.78 is 37.7. The Hall–Kier alpha value is -3.18. The highest BCUT2D eigenvalue weighted by atomic mass is 32.2. The predicted molar refractivity (Wildman–Crippen MR) is 156 cm³/mol. The summed E-state index contributed by atoms with van der Waals surface area (Å²) in [6, 6.07) is 10.0. The lowest BCUT2D eigenvalue weighted by atomic mass is 9.93. The first kappa shape index (κ1) is 28.3. The molecule has 5 rings (SSSR count). The summed E-state index contributed by atoms with van der Waals surface area (Å²) in [4.78, 5) is 12.3. The van der Waals surface area contributed by atoms with E-state index in [2.05, 4.69) is 42.9 Å². The van der Waals surface area contributed by atoms with Crippen molar-refractivity contribution in [1.29, 1.82) is 0 Å². The van der Waals surface area contributed by atoms with Gasteiger partial charge in [-0.1, -0.05) is 43.9 Å². The summed E-state index contributed by atoms with van der Waals surface area (Å²) >= 11 is 0. The minimum absolute atomic E-state index is 0.0445. The highest BCUT2D eigenvalue weighted by molar-refractivity contribution is 7.92. The van der Waals surface area contributed by atoms with E-state index >= 15 is 0 Å². The molecule has 0 amide bonds. The van der Waals surface area contributed by atoms with Crippen molar-refractivity contribution in [2.24, 2.45) is 5.92 Å². The summed E-state index contributed by atoms with van der Waals surface area (Å²) in [7, 11) is -5.52. The molecule has 0 spiro atoms. The van der Waals surface area contributed by atoms with Gasteiger partial charge in [-0.3, -0.25) is 4.31 Å². The maximum atomic E-state index is 14.2. The molecule has 1 aromatic heterocycles. The number of ether oxygens (including phenoxy) is 1. The predicted octanol–water partition coefficient (Wildman–Crippen LogP) is 5.22. The molecule has 2 heterocycles. The number of aryl methyl sites for hydroxylation is 3. The van der Waals surface area contributed by atoms with Crippen LogP contribution in [0, 0.1) is 12.8 Å². The first-order chi connectivity index (χ1) is 18.9. The second-order valence-corrected chi connectivity index (χ2v) is 19.4. The van der Waals surface area contributed by atoms with E-state index < -0.39 is 24.1 Å². The molecule has 0 saturated heterocycles. The highest BCUT2D eigenvalue weighted by Crippen LogP contribution is 2.45. The molecular weight excluding hydrogens is 544 g/mol. The molecule has 3 aromatic rings. The van der Waals surface area contributed by atoms with Gasteiger partial charge in [0.1, 0.15) is 17.9 Å². The summed E-state index contributed by atoms with van der Waals surface area (Å²) in [5.41, 5.74) is 4.21. The van der Waals surface area contributed by atoms with Crippen LogP contribution in [0.2, 0.25) is 19.6 Å². The van der Waals surface area contributed by atoms with Gasteiger partial charge >= 0.3 is 5.97 Å². The zero-order valence-corrected chi connectivity index (χ0v) is 25.7. The van der Waals surface area contributed by atoms with E-state index in [9.17, 15) is 18.3 Å². The van der Waals surface area contributed by atoms with E-state index in [-0.39, 0.29) is 28.9 Å². The Kier molecular flexibility index (Phi) is 7.56. The fraction of sp³-hybridized carbons (Fsp3) is 0.483. The van der Waals surface area contributed by atoms with Gasteiger partial charge in [-0.15, -0.1) is 5.10 Å². The van der Waals surface area contributed by atoms with Crippen LogP contribution in [0.25, 0.3) is 0 Å². The number of carboxylic acids is 1. The van der Waals surface area contributed by atoms with Crippen molar-refractivity contribution < 1.29 is 23.1 Å². The Morgan fingerprint density at radius 2 is 1.88 bits per heavy atom. The number of sulfonamides is 1. The number of aromatic carboxylic acids is 1. The number of anilines is 1. The van der Waals surface area contributed by atoms with E-state index in [1.54, 1.807) is 4.31 Å². The number of hydrogen-bond donors (Lipinski definition) is 1. The summed E-state index contributed by atoms with van der Waals surface area (Å²) in [5, 5.41) is 18.5. The molecule has 2 aromatic carbocycles. The van der Waals surface area contributed by atoms with Crippen LogP contribution in [0.3, 0.4) is 0 Å². The maximum Gasteiger partial charge on any atom is 0.339 e. The van der Waals surface area contributed by atoms with E-state index in [1.165, 1.54) is 23.8 Å². The van der Waals surface area contributed by atoms with Crippen molar-refractivity contribution in [3.05, 3.63) is 64.5 Å². The van der Waals surface area contributed by atoms with Crippen molar-refractivity contribution in [3.8, 4) is 5.75 Å². The minimum atomic E-state index is -4.02. The third-order valence-corrected chi connectivity index (χ3v) is 10.8. The Morgan fingerprint density at radius 3 is 2.52 bits per heavy atom. The third-order valence-electron chi connectivity index (χ3n) is 7.73. The van der Waals surface area contributed by atoms with Crippen molar-refractivity contribution in [3.63, 3.8) is 0 Å². The van der Waals surface area contributed by atoms with Crippen LogP contribution in [0.5, 0.6) is 5.75 Å². The van der Waals surface area contributed by atoms with Gasteiger partial charge in [0.25, 0.3) is 10.0 Å². The molecule has 0 radical (unpaired) electrons.